The van der Waals surface area contributed by atoms with E-state index in [0.717, 1.165) is 19.6 Å². The molecule has 1 atom stereocenters. The summed E-state index contributed by atoms with van der Waals surface area (Å²) in [5.41, 5.74) is 0.476. The number of para-hydroxylation sites is 1. The zero-order valence-electron chi connectivity index (χ0n) is 13.6. The number of benzene rings is 1. The Morgan fingerprint density at radius 1 is 1.30 bits per heavy atom. The fraction of sp³-hybridized carbons (Fsp3) is 0.500. The molecule has 0 saturated heterocycles. The van der Waals surface area contributed by atoms with E-state index in [9.17, 15) is 14.7 Å². The van der Waals surface area contributed by atoms with E-state index < -0.39 is 17.9 Å². The molecule has 0 spiro atoms. The smallest absolute Gasteiger partial charge is 0.230 e. The van der Waals surface area contributed by atoms with Crippen molar-refractivity contribution in [1.29, 1.82) is 0 Å². The maximum absolute atomic E-state index is 12.0. The second-order valence-corrected chi connectivity index (χ2v) is 5.80. The monoisotopic (exact) mass is 342 g/mol. The Bertz CT molecular complexity index is 521. The Morgan fingerprint density at radius 3 is 2.52 bits per heavy atom. The maximum atomic E-state index is 12.0. The highest BCUT2D eigenvalue weighted by molar-refractivity contribution is 6.33. The Labute approximate surface area is 141 Å². The fourth-order valence-corrected chi connectivity index (χ4v) is 2.50. The third kappa shape index (κ3) is 6.99. The summed E-state index contributed by atoms with van der Waals surface area (Å²) >= 11 is 5.96. The number of carbonyl (C=O) groups excluding carboxylic acids is 2. The molecule has 1 rings (SSSR count). The molecule has 0 aliphatic heterocycles. The van der Waals surface area contributed by atoms with Crippen molar-refractivity contribution >= 4 is 29.2 Å². The first-order valence-electron chi connectivity index (χ1n) is 7.90. The van der Waals surface area contributed by atoms with Crippen molar-refractivity contribution in [3.8, 4) is 0 Å². The Morgan fingerprint density at radius 2 is 1.96 bits per heavy atom. The van der Waals surface area contributed by atoms with Gasteiger partial charge < -0.3 is 25.4 Å². The lowest BCUT2D eigenvalue weighted by atomic mass is 10.2. The lowest BCUT2D eigenvalue weighted by molar-refractivity contribution is -0.910. The van der Waals surface area contributed by atoms with Gasteiger partial charge in [-0.3, -0.25) is 4.79 Å². The number of hydrogen-bond acceptors (Lipinski definition) is 3. The highest BCUT2D eigenvalue weighted by Crippen LogP contribution is 2.20. The highest BCUT2D eigenvalue weighted by atomic mass is 35.5. The number of halogens is 1. The second-order valence-electron chi connectivity index (χ2n) is 5.39. The Hall–Kier alpha value is -1.63. The quantitative estimate of drug-likeness (QED) is 0.472. The molecule has 0 aromatic heterocycles. The predicted octanol–water partition coefficient (Wildman–Crippen LogP) is -1.72. The molecule has 0 radical (unpaired) electrons. The minimum Gasteiger partial charge on any atom is -0.544 e. The molecule has 0 heterocycles. The van der Waals surface area contributed by atoms with E-state index in [1.54, 1.807) is 29.6 Å². The third-order valence-corrected chi connectivity index (χ3v) is 4.13. The van der Waals surface area contributed by atoms with Gasteiger partial charge in [0.25, 0.3) is 0 Å². The van der Waals surface area contributed by atoms with Gasteiger partial charge in [-0.2, -0.15) is 0 Å². The van der Waals surface area contributed by atoms with Gasteiger partial charge in [-0.15, -0.1) is 0 Å². The molecular formula is C16H25ClN3O3+. The van der Waals surface area contributed by atoms with Crippen LogP contribution in [-0.4, -0.2) is 44.1 Å². The molecule has 23 heavy (non-hydrogen) atoms. The van der Waals surface area contributed by atoms with E-state index in [1.807, 2.05) is 0 Å². The maximum Gasteiger partial charge on any atom is 0.230 e. The second kappa shape index (κ2) is 10.2. The molecule has 1 aromatic carbocycles. The summed E-state index contributed by atoms with van der Waals surface area (Å²) in [5.74, 6) is -1.62. The minimum absolute atomic E-state index is 0.152. The molecule has 0 saturated carbocycles. The van der Waals surface area contributed by atoms with Crippen molar-refractivity contribution in [1.82, 2.24) is 0 Å². The van der Waals surface area contributed by atoms with Gasteiger partial charge in [-0.25, -0.2) is 0 Å². The Kier molecular flexibility index (Phi) is 8.61. The molecule has 0 bridgehead atoms. The SMILES string of the molecule is CC[NH+](CC)CC[NH2+][C@H](CC(=O)Nc1ccccc1Cl)C(=O)[O-]. The first-order chi connectivity index (χ1) is 11.0. The number of anilines is 1. The lowest BCUT2D eigenvalue weighted by Crippen LogP contribution is -3.14. The van der Waals surface area contributed by atoms with Crippen molar-refractivity contribution in [2.75, 3.05) is 31.5 Å². The van der Waals surface area contributed by atoms with Crippen LogP contribution in [0.3, 0.4) is 0 Å². The molecule has 1 amide bonds. The number of hydrogen-bond donors (Lipinski definition) is 3. The molecule has 7 heteroatoms. The number of nitrogens with one attached hydrogen (secondary N) is 2. The van der Waals surface area contributed by atoms with Crippen LogP contribution in [0.5, 0.6) is 0 Å². The van der Waals surface area contributed by atoms with Gasteiger partial charge in [0.1, 0.15) is 19.1 Å². The summed E-state index contributed by atoms with van der Waals surface area (Å²) in [6.45, 7) is 7.65. The van der Waals surface area contributed by atoms with Gasteiger partial charge >= 0.3 is 0 Å². The average molecular weight is 343 g/mol. The zero-order valence-corrected chi connectivity index (χ0v) is 14.4. The number of rotatable bonds is 10. The average Bonchev–Trinajstić information content (AvgIpc) is 2.52. The molecule has 1 aromatic rings. The number of carboxylic acid groups (broad SMARTS) is 1. The third-order valence-electron chi connectivity index (χ3n) is 3.81. The summed E-state index contributed by atoms with van der Waals surface area (Å²) < 4.78 is 0. The minimum atomic E-state index is -1.23. The van der Waals surface area contributed by atoms with E-state index in [2.05, 4.69) is 19.2 Å². The first kappa shape index (κ1) is 19.4. The number of aliphatic carboxylic acids is 1. The van der Waals surface area contributed by atoms with Gasteiger partial charge in [-0.1, -0.05) is 23.7 Å². The molecule has 6 nitrogen and oxygen atoms in total. The molecule has 0 unspecified atom stereocenters. The van der Waals surface area contributed by atoms with Crippen LogP contribution in [0.1, 0.15) is 20.3 Å². The van der Waals surface area contributed by atoms with Gasteiger partial charge in [0, 0.05) is 0 Å². The number of nitrogens with two attached hydrogens (primary N) is 1. The van der Waals surface area contributed by atoms with Crippen LogP contribution < -0.4 is 20.6 Å². The first-order valence-corrected chi connectivity index (χ1v) is 8.27. The van der Waals surface area contributed by atoms with Crippen LogP contribution in [0, 0.1) is 0 Å². The summed E-state index contributed by atoms with van der Waals surface area (Å²) in [7, 11) is 0. The molecule has 0 fully saturated rings. The van der Waals surface area contributed by atoms with E-state index in [-0.39, 0.29) is 6.42 Å². The van der Waals surface area contributed by atoms with E-state index in [1.165, 1.54) is 4.90 Å². The number of likely N-dealkylation sites (N-methyl/N-ethyl adjacent to an activating group) is 1. The van der Waals surface area contributed by atoms with E-state index in [0.29, 0.717) is 17.3 Å². The van der Waals surface area contributed by atoms with Crippen molar-refractivity contribution < 1.29 is 24.9 Å². The van der Waals surface area contributed by atoms with Gasteiger partial charge in [0.2, 0.25) is 5.91 Å². The molecule has 0 aliphatic rings. The number of carboxylic acids is 1. The number of quaternary nitrogens is 2. The van der Waals surface area contributed by atoms with Crippen LogP contribution in [-0.2, 0) is 9.59 Å². The fourth-order valence-electron chi connectivity index (χ4n) is 2.32. The van der Waals surface area contributed by atoms with Crippen molar-refractivity contribution in [3.05, 3.63) is 29.3 Å². The molecule has 4 N–H and O–H groups in total. The lowest BCUT2D eigenvalue weighted by Gasteiger charge is -2.19. The summed E-state index contributed by atoms with van der Waals surface area (Å²) in [4.78, 5) is 24.6. The van der Waals surface area contributed by atoms with Crippen molar-refractivity contribution in [2.24, 2.45) is 0 Å². The standard InChI is InChI=1S/C16H24ClN3O3/c1-3-20(4-2)10-9-18-14(16(22)23)11-15(21)19-13-8-6-5-7-12(13)17/h5-8,14,18H,3-4,9-11H2,1-2H3,(H,19,21)(H,22,23)/p+1/t14-/m1/s1. The van der Waals surface area contributed by atoms with Crippen LogP contribution in [0.2, 0.25) is 5.02 Å². The van der Waals surface area contributed by atoms with Crippen LogP contribution in [0.4, 0.5) is 5.69 Å². The normalized spacial score (nSPS) is 12.2. The van der Waals surface area contributed by atoms with E-state index in [4.69, 9.17) is 11.6 Å². The number of amides is 1. The summed E-state index contributed by atoms with van der Waals surface area (Å²) in [6, 6.07) is 5.93. The highest BCUT2D eigenvalue weighted by Gasteiger charge is 2.19. The Balaban J connectivity index is 2.50. The van der Waals surface area contributed by atoms with Gasteiger partial charge in [-0.05, 0) is 26.0 Å². The summed E-state index contributed by atoms with van der Waals surface area (Å²) in [6.07, 6.45) is -0.152. The number of carbonyl (C=O) groups is 2. The van der Waals surface area contributed by atoms with Crippen LogP contribution in [0.25, 0.3) is 0 Å². The summed E-state index contributed by atoms with van der Waals surface area (Å²) in [5, 5.41) is 15.9. The van der Waals surface area contributed by atoms with Gasteiger partial charge in [0.05, 0.1) is 36.2 Å². The van der Waals surface area contributed by atoms with Crippen LogP contribution >= 0.6 is 11.6 Å². The van der Waals surface area contributed by atoms with E-state index >= 15 is 0 Å². The van der Waals surface area contributed by atoms with Gasteiger partial charge in [0.15, 0.2) is 0 Å². The van der Waals surface area contributed by atoms with Crippen molar-refractivity contribution in [3.63, 3.8) is 0 Å². The zero-order chi connectivity index (χ0) is 17.2. The topological polar surface area (TPSA) is 90.3 Å². The van der Waals surface area contributed by atoms with Crippen LogP contribution in [0.15, 0.2) is 24.3 Å². The largest absolute Gasteiger partial charge is 0.544 e. The molecular weight excluding hydrogens is 318 g/mol. The predicted molar refractivity (Wildman–Crippen MR) is 87.2 cm³/mol. The van der Waals surface area contributed by atoms with Crippen molar-refractivity contribution in [2.45, 2.75) is 26.3 Å². The molecule has 128 valence electrons. The molecule has 0 aliphatic carbocycles.